The normalized spacial score (nSPS) is 21.9. The molecule has 1 fully saturated rings. The van der Waals surface area contributed by atoms with Gasteiger partial charge in [-0.05, 0) is 57.7 Å². The summed E-state index contributed by atoms with van der Waals surface area (Å²) in [6, 6.07) is 12.0. The molecule has 0 aromatic heterocycles. The van der Waals surface area contributed by atoms with Crippen LogP contribution in [0.3, 0.4) is 0 Å². The summed E-state index contributed by atoms with van der Waals surface area (Å²) in [7, 11) is 3.84. The van der Waals surface area contributed by atoms with Gasteiger partial charge in [0.15, 0.2) is 17.0 Å². The number of benzene rings is 2. The number of aliphatic hydroxyl groups excluding tert-OH is 1. The van der Waals surface area contributed by atoms with E-state index >= 15 is 0 Å². The maximum absolute atomic E-state index is 14.3. The summed E-state index contributed by atoms with van der Waals surface area (Å²) in [5, 5.41) is 11.6. The van der Waals surface area contributed by atoms with Crippen LogP contribution in [-0.4, -0.2) is 79.4 Å². The van der Waals surface area contributed by atoms with E-state index in [0.29, 0.717) is 61.9 Å². The third-order valence-corrected chi connectivity index (χ3v) is 7.06. The van der Waals surface area contributed by atoms with Crippen molar-refractivity contribution >= 4 is 29.0 Å². The van der Waals surface area contributed by atoms with Gasteiger partial charge in [-0.3, -0.25) is 14.4 Å². The largest absolute Gasteiger partial charge is 0.507 e. The molecule has 3 heterocycles. The predicted molar refractivity (Wildman–Crippen MR) is 138 cm³/mol. The van der Waals surface area contributed by atoms with Crippen molar-refractivity contribution in [3.05, 3.63) is 59.2 Å². The molecular weight excluding hydrogens is 474 g/mol. The quantitative estimate of drug-likeness (QED) is 0.351. The number of rotatable bonds is 7. The number of amides is 2. The summed E-state index contributed by atoms with van der Waals surface area (Å²) in [5.74, 6) is -1.53. The maximum atomic E-state index is 14.3. The SMILES string of the molecule is CCCN1C(=O)C2(/C(=C(\O)c3ccc4c(c3)OCCO4)C(=O)C(=O)N2CCCN(C)C)c2ccccc21. The molecule has 3 aliphatic heterocycles. The number of para-hydroxylation sites is 1. The first-order chi connectivity index (χ1) is 17.8. The van der Waals surface area contributed by atoms with E-state index in [1.165, 1.54) is 4.90 Å². The van der Waals surface area contributed by atoms with Crippen molar-refractivity contribution in [2.24, 2.45) is 0 Å². The van der Waals surface area contributed by atoms with Gasteiger partial charge >= 0.3 is 0 Å². The van der Waals surface area contributed by atoms with E-state index in [1.807, 2.05) is 38.1 Å². The molecule has 5 rings (SSSR count). The molecule has 9 nitrogen and oxygen atoms in total. The van der Waals surface area contributed by atoms with E-state index in [2.05, 4.69) is 0 Å². The molecule has 2 amide bonds. The van der Waals surface area contributed by atoms with Crippen molar-refractivity contribution in [3.63, 3.8) is 0 Å². The molecule has 9 heteroatoms. The molecule has 0 bridgehead atoms. The van der Waals surface area contributed by atoms with Crippen molar-refractivity contribution < 1.29 is 29.0 Å². The second-order valence-electron chi connectivity index (χ2n) is 9.71. The number of ether oxygens (including phenoxy) is 2. The Labute approximate surface area is 215 Å². The summed E-state index contributed by atoms with van der Waals surface area (Å²) in [6.07, 6.45) is 1.24. The lowest BCUT2D eigenvalue weighted by Gasteiger charge is -2.35. The highest BCUT2D eigenvalue weighted by atomic mass is 16.6. The topological polar surface area (TPSA) is 99.6 Å². The third kappa shape index (κ3) is 3.76. The average molecular weight is 506 g/mol. The number of hydrogen-bond donors (Lipinski definition) is 1. The maximum Gasteiger partial charge on any atom is 0.296 e. The van der Waals surface area contributed by atoms with E-state index in [4.69, 9.17) is 9.47 Å². The highest BCUT2D eigenvalue weighted by Gasteiger charge is 2.66. The number of carbonyl (C=O) groups excluding carboxylic acids is 3. The molecule has 1 spiro atoms. The van der Waals surface area contributed by atoms with E-state index in [-0.39, 0.29) is 17.7 Å². The number of fused-ring (bicyclic) bond motifs is 3. The zero-order valence-corrected chi connectivity index (χ0v) is 21.3. The van der Waals surface area contributed by atoms with Crippen molar-refractivity contribution in [1.82, 2.24) is 9.80 Å². The molecule has 0 saturated carbocycles. The number of ketones is 1. The van der Waals surface area contributed by atoms with Crippen molar-refractivity contribution in [1.29, 1.82) is 0 Å². The molecule has 3 aliphatic rings. The Morgan fingerprint density at radius 1 is 1.03 bits per heavy atom. The number of anilines is 1. The van der Waals surface area contributed by atoms with Crippen LogP contribution in [0.4, 0.5) is 5.69 Å². The molecule has 1 saturated heterocycles. The smallest absolute Gasteiger partial charge is 0.296 e. The van der Waals surface area contributed by atoms with Gasteiger partial charge in [-0.1, -0.05) is 25.1 Å². The Hall–Kier alpha value is -3.85. The number of aliphatic hydroxyl groups is 1. The lowest BCUT2D eigenvalue weighted by Crippen LogP contribution is -2.52. The van der Waals surface area contributed by atoms with Gasteiger partial charge in [0.05, 0.1) is 11.3 Å². The minimum absolute atomic E-state index is 0.181. The predicted octanol–water partition coefficient (Wildman–Crippen LogP) is 2.74. The summed E-state index contributed by atoms with van der Waals surface area (Å²) >= 11 is 0. The van der Waals surface area contributed by atoms with Crippen LogP contribution in [-0.2, 0) is 19.9 Å². The molecule has 37 heavy (non-hydrogen) atoms. The standard InChI is InChI=1S/C28H31N3O6/c1-4-12-30-20-9-6-5-8-19(20)28(27(30)35)23(25(33)26(34)31(28)14-7-13-29(2)3)24(32)18-10-11-21-22(17-18)37-16-15-36-21/h5-6,8-11,17,32H,4,7,12-16H2,1-3H3/b24-23-. The lowest BCUT2D eigenvalue weighted by atomic mass is 9.81. The van der Waals surface area contributed by atoms with Gasteiger partial charge in [-0.2, -0.15) is 0 Å². The number of carbonyl (C=O) groups is 3. The zero-order valence-electron chi connectivity index (χ0n) is 21.3. The lowest BCUT2D eigenvalue weighted by molar-refractivity contribution is -0.143. The number of likely N-dealkylation sites (tertiary alicyclic amines) is 1. The molecule has 1 unspecified atom stereocenters. The van der Waals surface area contributed by atoms with Gasteiger partial charge < -0.3 is 29.3 Å². The molecular formula is C28H31N3O6. The van der Waals surface area contributed by atoms with Gasteiger partial charge in [0.2, 0.25) is 0 Å². The Bertz CT molecular complexity index is 1300. The first-order valence-corrected chi connectivity index (χ1v) is 12.6. The van der Waals surface area contributed by atoms with E-state index < -0.39 is 28.9 Å². The molecule has 2 aromatic rings. The fraction of sp³-hybridized carbons (Fsp3) is 0.393. The Kier molecular flexibility index (Phi) is 6.41. The third-order valence-electron chi connectivity index (χ3n) is 7.06. The number of hydrogen-bond acceptors (Lipinski definition) is 7. The summed E-state index contributed by atoms with van der Waals surface area (Å²) in [5.41, 5.74) is -0.522. The first-order valence-electron chi connectivity index (χ1n) is 12.6. The Morgan fingerprint density at radius 2 is 1.76 bits per heavy atom. The number of Topliss-reactive ketones (excluding diaryl/α,β-unsaturated/α-hetero) is 1. The van der Waals surface area contributed by atoms with Crippen LogP contribution in [0.15, 0.2) is 48.0 Å². The second-order valence-corrected chi connectivity index (χ2v) is 9.71. The molecule has 194 valence electrons. The molecule has 0 radical (unpaired) electrons. The average Bonchev–Trinajstić information content (AvgIpc) is 3.27. The monoisotopic (exact) mass is 505 g/mol. The Balaban J connectivity index is 1.74. The van der Waals surface area contributed by atoms with Crippen molar-refractivity contribution in [2.75, 3.05) is 51.8 Å². The van der Waals surface area contributed by atoms with Gasteiger partial charge in [0.25, 0.3) is 17.6 Å². The van der Waals surface area contributed by atoms with Crippen LogP contribution in [0, 0.1) is 0 Å². The zero-order chi connectivity index (χ0) is 26.3. The van der Waals surface area contributed by atoms with Gasteiger partial charge in [0.1, 0.15) is 19.0 Å². The first kappa shape index (κ1) is 24.8. The number of nitrogens with zero attached hydrogens (tertiary/aromatic N) is 3. The van der Waals surface area contributed by atoms with Crippen LogP contribution >= 0.6 is 0 Å². The van der Waals surface area contributed by atoms with Gasteiger partial charge in [-0.15, -0.1) is 0 Å². The van der Waals surface area contributed by atoms with Crippen LogP contribution in [0.2, 0.25) is 0 Å². The van der Waals surface area contributed by atoms with Crippen molar-refractivity contribution in [3.8, 4) is 11.5 Å². The Morgan fingerprint density at radius 3 is 2.49 bits per heavy atom. The molecule has 1 N–H and O–H groups in total. The second kappa shape index (κ2) is 9.55. The fourth-order valence-corrected chi connectivity index (χ4v) is 5.49. The van der Waals surface area contributed by atoms with Crippen LogP contribution in [0.5, 0.6) is 11.5 Å². The highest BCUT2D eigenvalue weighted by Crippen LogP contribution is 2.53. The summed E-state index contributed by atoms with van der Waals surface area (Å²) in [6.45, 7) is 3.99. The van der Waals surface area contributed by atoms with E-state index in [0.717, 1.165) is 0 Å². The van der Waals surface area contributed by atoms with E-state index in [1.54, 1.807) is 35.2 Å². The minimum atomic E-state index is -1.75. The molecule has 2 aromatic carbocycles. The summed E-state index contributed by atoms with van der Waals surface area (Å²) < 4.78 is 11.2. The molecule has 1 atom stereocenters. The van der Waals surface area contributed by atoms with Gasteiger partial charge in [-0.25, -0.2) is 0 Å². The van der Waals surface area contributed by atoms with Gasteiger partial charge in [0, 0.05) is 24.2 Å². The summed E-state index contributed by atoms with van der Waals surface area (Å²) in [4.78, 5) is 46.5. The van der Waals surface area contributed by atoms with Crippen LogP contribution in [0.1, 0.15) is 30.9 Å². The van der Waals surface area contributed by atoms with Crippen LogP contribution in [0.25, 0.3) is 5.76 Å². The highest BCUT2D eigenvalue weighted by molar-refractivity contribution is 6.50. The van der Waals surface area contributed by atoms with E-state index in [9.17, 15) is 19.5 Å². The van der Waals surface area contributed by atoms with Crippen molar-refractivity contribution in [2.45, 2.75) is 25.3 Å². The molecule has 0 aliphatic carbocycles. The fourth-order valence-electron chi connectivity index (χ4n) is 5.49. The van der Waals surface area contributed by atoms with Crippen LogP contribution < -0.4 is 14.4 Å². The minimum Gasteiger partial charge on any atom is -0.507 e.